The molecule has 0 saturated carbocycles. The lowest BCUT2D eigenvalue weighted by molar-refractivity contribution is 0.674. The van der Waals surface area contributed by atoms with Gasteiger partial charge in [-0.1, -0.05) is 6.92 Å². The summed E-state index contributed by atoms with van der Waals surface area (Å²) in [7, 11) is 0. The summed E-state index contributed by atoms with van der Waals surface area (Å²) in [6.45, 7) is 2.72. The fourth-order valence-electron chi connectivity index (χ4n) is 1.26. The zero-order chi connectivity index (χ0) is 10.7. The van der Waals surface area contributed by atoms with Crippen molar-refractivity contribution in [1.82, 2.24) is 14.8 Å². The van der Waals surface area contributed by atoms with Gasteiger partial charge in [-0.3, -0.25) is 4.68 Å². The molecule has 0 aliphatic rings. The molecule has 0 unspecified atom stereocenters. The lowest BCUT2D eigenvalue weighted by Crippen LogP contribution is -2.00. The van der Waals surface area contributed by atoms with Crippen LogP contribution in [0.4, 0.5) is 0 Å². The first-order valence-corrected chi connectivity index (χ1v) is 5.55. The lowest BCUT2D eigenvalue weighted by atomic mass is 10.4. The minimum Gasteiger partial charge on any atom is -0.265 e. The minimum absolute atomic E-state index is 0.584. The molecule has 0 saturated heterocycles. The van der Waals surface area contributed by atoms with Crippen LogP contribution in [0.3, 0.4) is 0 Å². The van der Waals surface area contributed by atoms with Gasteiger partial charge < -0.3 is 0 Å². The van der Waals surface area contributed by atoms with E-state index in [4.69, 9.17) is 5.26 Å². The van der Waals surface area contributed by atoms with Crippen LogP contribution in [0.2, 0.25) is 0 Å². The molecule has 2 heterocycles. The molecule has 0 spiro atoms. The number of aryl methyl sites for hydroxylation is 1. The Hall–Kier alpha value is -1.67. The van der Waals surface area contributed by atoms with E-state index < -0.39 is 0 Å². The van der Waals surface area contributed by atoms with Gasteiger partial charge in [0.05, 0.1) is 29.0 Å². The van der Waals surface area contributed by atoms with Crippen LogP contribution >= 0.6 is 11.3 Å². The van der Waals surface area contributed by atoms with Crippen LogP contribution in [0.15, 0.2) is 17.8 Å². The first-order chi connectivity index (χ1) is 7.31. The summed E-state index contributed by atoms with van der Waals surface area (Å²) < 4.78 is 1.73. The molecule has 0 radical (unpaired) electrons. The summed E-state index contributed by atoms with van der Waals surface area (Å²) in [4.78, 5) is 4.43. The average Bonchev–Trinajstić information content (AvgIpc) is 2.87. The van der Waals surface area contributed by atoms with Gasteiger partial charge >= 0.3 is 0 Å². The Morgan fingerprint density at radius 1 is 1.60 bits per heavy atom. The molecule has 2 rings (SSSR count). The fraction of sp³-hybridized carbons (Fsp3) is 0.300. The monoisotopic (exact) mass is 218 g/mol. The molecular formula is C10H10N4S. The normalized spacial score (nSPS) is 10.1. The second-order valence-electron chi connectivity index (χ2n) is 3.12. The van der Waals surface area contributed by atoms with Crippen molar-refractivity contribution in [3.8, 4) is 6.07 Å². The van der Waals surface area contributed by atoms with Gasteiger partial charge in [0.1, 0.15) is 6.07 Å². The SMILES string of the molecule is CCc1nc(Cn2cc(C#N)cn2)cs1. The standard InChI is InChI=1S/C10H10N4S/c1-2-10-13-9(7-15-10)6-14-5-8(3-11)4-12-14/h4-5,7H,2,6H2,1H3. The van der Waals surface area contributed by atoms with Gasteiger partial charge in [0.15, 0.2) is 0 Å². The maximum absolute atomic E-state index is 8.64. The third-order valence-corrected chi connectivity index (χ3v) is 3.03. The molecule has 0 bridgehead atoms. The first-order valence-electron chi connectivity index (χ1n) is 4.67. The molecule has 4 nitrogen and oxygen atoms in total. The average molecular weight is 218 g/mol. The zero-order valence-electron chi connectivity index (χ0n) is 8.34. The summed E-state index contributed by atoms with van der Waals surface area (Å²) in [5.41, 5.74) is 1.59. The molecule has 15 heavy (non-hydrogen) atoms. The molecule has 2 aromatic rings. The van der Waals surface area contributed by atoms with Crippen molar-refractivity contribution in [2.45, 2.75) is 19.9 Å². The van der Waals surface area contributed by atoms with Crippen molar-refractivity contribution in [2.75, 3.05) is 0 Å². The number of rotatable bonds is 3. The van der Waals surface area contributed by atoms with Gasteiger partial charge in [-0.25, -0.2) is 4.98 Å². The highest BCUT2D eigenvalue weighted by Gasteiger charge is 2.02. The first kappa shape index (κ1) is 9.87. The predicted molar refractivity (Wildman–Crippen MR) is 57.5 cm³/mol. The maximum atomic E-state index is 8.64. The van der Waals surface area contributed by atoms with Gasteiger partial charge in [0.25, 0.3) is 0 Å². The summed E-state index contributed by atoms with van der Waals surface area (Å²) in [5, 5.41) is 15.9. The van der Waals surface area contributed by atoms with Crippen molar-refractivity contribution in [3.63, 3.8) is 0 Å². The van der Waals surface area contributed by atoms with E-state index in [9.17, 15) is 0 Å². The maximum Gasteiger partial charge on any atom is 0.102 e. The quantitative estimate of drug-likeness (QED) is 0.789. The molecule has 0 aliphatic carbocycles. The molecule has 0 aliphatic heterocycles. The molecule has 0 N–H and O–H groups in total. The van der Waals surface area contributed by atoms with Crippen LogP contribution in [0, 0.1) is 11.3 Å². The van der Waals surface area contributed by atoms with E-state index in [0.29, 0.717) is 12.1 Å². The van der Waals surface area contributed by atoms with E-state index in [0.717, 1.165) is 17.1 Å². The van der Waals surface area contributed by atoms with Crippen molar-refractivity contribution in [2.24, 2.45) is 0 Å². The van der Waals surface area contributed by atoms with E-state index in [1.54, 1.807) is 28.4 Å². The largest absolute Gasteiger partial charge is 0.265 e. The van der Waals surface area contributed by atoms with Crippen LogP contribution in [0.25, 0.3) is 0 Å². The third kappa shape index (κ3) is 2.22. The second-order valence-corrected chi connectivity index (χ2v) is 4.07. The van der Waals surface area contributed by atoms with Gasteiger partial charge in [-0.15, -0.1) is 11.3 Å². The van der Waals surface area contributed by atoms with Crippen molar-refractivity contribution < 1.29 is 0 Å². The molecule has 0 fully saturated rings. The van der Waals surface area contributed by atoms with Crippen LogP contribution in [0.5, 0.6) is 0 Å². The number of hydrogen-bond acceptors (Lipinski definition) is 4. The highest BCUT2D eigenvalue weighted by molar-refractivity contribution is 7.09. The van der Waals surface area contributed by atoms with Gasteiger partial charge in [0.2, 0.25) is 0 Å². The minimum atomic E-state index is 0.584. The smallest absolute Gasteiger partial charge is 0.102 e. The summed E-state index contributed by atoms with van der Waals surface area (Å²) in [6.07, 6.45) is 4.26. The van der Waals surface area contributed by atoms with Crippen LogP contribution < -0.4 is 0 Å². The van der Waals surface area contributed by atoms with E-state index >= 15 is 0 Å². The molecule has 2 aromatic heterocycles. The van der Waals surface area contributed by atoms with Crippen LogP contribution in [-0.4, -0.2) is 14.8 Å². The molecule has 5 heteroatoms. The van der Waals surface area contributed by atoms with E-state index in [1.807, 2.05) is 11.4 Å². The Morgan fingerprint density at radius 3 is 3.07 bits per heavy atom. The van der Waals surface area contributed by atoms with Crippen LogP contribution in [0.1, 0.15) is 23.2 Å². The van der Waals surface area contributed by atoms with E-state index in [-0.39, 0.29) is 0 Å². The van der Waals surface area contributed by atoms with Gasteiger partial charge in [0, 0.05) is 11.6 Å². The summed E-state index contributed by atoms with van der Waals surface area (Å²) in [6, 6.07) is 2.05. The fourth-order valence-corrected chi connectivity index (χ4v) is 1.99. The number of hydrogen-bond donors (Lipinski definition) is 0. The van der Waals surface area contributed by atoms with E-state index in [1.165, 1.54) is 0 Å². The van der Waals surface area contributed by atoms with Crippen molar-refractivity contribution in [3.05, 3.63) is 34.0 Å². The lowest BCUT2D eigenvalue weighted by Gasteiger charge is -1.95. The molecule has 76 valence electrons. The second kappa shape index (κ2) is 4.24. The zero-order valence-corrected chi connectivity index (χ0v) is 9.16. The Bertz CT molecular complexity index is 491. The Labute approximate surface area is 91.8 Å². The molecule has 0 amide bonds. The molecular weight excluding hydrogens is 208 g/mol. The van der Waals surface area contributed by atoms with Gasteiger partial charge in [-0.05, 0) is 6.42 Å². The molecule has 0 aromatic carbocycles. The number of nitriles is 1. The number of thiazole rings is 1. The Balaban J connectivity index is 2.11. The number of aromatic nitrogens is 3. The van der Waals surface area contributed by atoms with Crippen molar-refractivity contribution >= 4 is 11.3 Å². The third-order valence-electron chi connectivity index (χ3n) is 1.99. The Kier molecular flexibility index (Phi) is 2.79. The predicted octanol–water partition coefficient (Wildman–Crippen LogP) is 1.82. The Morgan fingerprint density at radius 2 is 2.47 bits per heavy atom. The summed E-state index contributed by atoms with van der Waals surface area (Å²) in [5.74, 6) is 0. The van der Waals surface area contributed by atoms with Gasteiger partial charge in [-0.2, -0.15) is 10.4 Å². The topological polar surface area (TPSA) is 54.5 Å². The van der Waals surface area contributed by atoms with Crippen LogP contribution in [-0.2, 0) is 13.0 Å². The van der Waals surface area contributed by atoms with E-state index in [2.05, 4.69) is 17.0 Å². The van der Waals surface area contributed by atoms with Crippen molar-refractivity contribution in [1.29, 1.82) is 5.26 Å². The summed E-state index contributed by atoms with van der Waals surface area (Å²) >= 11 is 1.66. The highest BCUT2D eigenvalue weighted by atomic mass is 32.1. The number of nitrogens with zero attached hydrogens (tertiary/aromatic N) is 4. The highest BCUT2D eigenvalue weighted by Crippen LogP contribution is 2.11. The molecule has 0 atom stereocenters.